The van der Waals surface area contributed by atoms with Crippen LogP contribution >= 0.6 is 11.6 Å². The molecular formula is C33H32ClN3O3. The largest absolute Gasteiger partial charge is 0.508 e. The predicted molar refractivity (Wildman–Crippen MR) is 163 cm³/mol. The SMILES string of the molecule is Cc1cccc(C(C)C)c1-n1c(=O)c(=O)n(C2CCNCC2)c2cc(Cl)c(-c3cc(O)cc4ccccc34)cc21. The zero-order valence-electron chi connectivity index (χ0n) is 22.9. The summed E-state index contributed by atoms with van der Waals surface area (Å²) >= 11 is 7.01. The molecule has 6 nitrogen and oxygen atoms in total. The van der Waals surface area contributed by atoms with Gasteiger partial charge >= 0.3 is 11.1 Å². The van der Waals surface area contributed by atoms with E-state index in [-0.39, 0.29) is 17.7 Å². The van der Waals surface area contributed by atoms with E-state index in [0.29, 0.717) is 21.6 Å². The molecule has 2 heterocycles. The first-order valence-corrected chi connectivity index (χ1v) is 14.2. The number of hydrogen-bond donors (Lipinski definition) is 2. The lowest BCUT2D eigenvalue weighted by Crippen LogP contribution is -2.44. The number of nitrogens with one attached hydrogen (secondary N) is 1. The van der Waals surface area contributed by atoms with E-state index in [0.717, 1.165) is 59.1 Å². The maximum absolute atomic E-state index is 14.1. The lowest BCUT2D eigenvalue weighted by Gasteiger charge is -2.28. The van der Waals surface area contributed by atoms with Crippen molar-refractivity contribution < 1.29 is 5.11 Å². The number of rotatable bonds is 4. The van der Waals surface area contributed by atoms with E-state index in [9.17, 15) is 14.7 Å². The number of para-hydroxylation sites is 1. The van der Waals surface area contributed by atoms with Crippen LogP contribution in [0.3, 0.4) is 0 Å². The highest BCUT2D eigenvalue weighted by Crippen LogP contribution is 2.39. The Kier molecular flexibility index (Phi) is 6.77. The van der Waals surface area contributed by atoms with Crippen LogP contribution < -0.4 is 16.4 Å². The normalized spacial score (nSPS) is 14.4. The first kappa shape index (κ1) is 26.4. The van der Waals surface area contributed by atoms with Crippen LogP contribution in [0.25, 0.3) is 38.6 Å². The maximum atomic E-state index is 14.1. The van der Waals surface area contributed by atoms with Gasteiger partial charge in [0, 0.05) is 11.6 Å². The Morgan fingerprint density at radius 1 is 0.900 bits per heavy atom. The summed E-state index contributed by atoms with van der Waals surface area (Å²) in [5.74, 6) is 0.258. The van der Waals surface area contributed by atoms with E-state index in [1.807, 2.05) is 61.5 Å². The zero-order valence-corrected chi connectivity index (χ0v) is 23.6. The smallest absolute Gasteiger partial charge is 0.321 e. The van der Waals surface area contributed by atoms with Crippen molar-refractivity contribution in [2.24, 2.45) is 0 Å². The fraction of sp³-hybridized carbons (Fsp3) is 0.273. The van der Waals surface area contributed by atoms with Crippen molar-refractivity contribution in [3.63, 3.8) is 0 Å². The maximum Gasteiger partial charge on any atom is 0.321 e. The average Bonchev–Trinajstić information content (AvgIpc) is 2.94. The van der Waals surface area contributed by atoms with Gasteiger partial charge in [-0.1, -0.05) is 67.9 Å². The van der Waals surface area contributed by atoms with Gasteiger partial charge in [-0.2, -0.15) is 0 Å². The van der Waals surface area contributed by atoms with Crippen molar-refractivity contribution in [2.45, 2.75) is 45.6 Å². The van der Waals surface area contributed by atoms with Crippen molar-refractivity contribution in [3.8, 4) is 22.6 Å². The van der Waals surface area contributed by atoms with Crippen LogP contribution in [0.5, 0.6) is 5.75 Å². The minimum absolute atomic E-state index is 0.108. The highest BCUT2D eigenvalue weighted by atomic mass is 35.5. The first-order chi connectivity index (χ1) is 19.3. The fourth-order valence-corrected chi connectivity index (χ4v) is 6.43. The Bertz CT molecular complexity index is 1900. The molecule has 1 aliphatic rings. The number of aromatic nitrogens is 2. The molecule has 0 aliphatic carbocycles. The summed E-state index contributed by atoms with van der Waals surface area (Å²) in [4.78, 5) is 28.0. The second-order valence-corrected chi connectivity index (χ2v) is 11.4. The third-order valence-electron chi connectivity index (χ3n) is 8.09. The number of fused-ring (bicyclic) bond motifs is 2. The molecule has 1 aromatic heterocycles. The van der Waals surface area contributed by atoms with E-state index >= 15 is 0 Å². The van der Waals surface area contributed by atoms with Gasteiger partial charge in [0.05, 0.1) is 21.7 Å². The van der Waals surface area contributed by atoms with Gasteiger partial charge < -0.3 is 10.4 Å². The number of aryl methyl sites for hydroxylation is 1. The molecular weight excluding hydrogens is 522 g/mol. The van der Waals surface area contributed by atoms with E-state index in [4.69, 9.17) is 11.6 Å². The van der Waals surface area contributed by atoms with Crippen LogP contribution in [0.2, 0.25) is 5.02 Å². The Hall–Kier alpha value is -3.87. The lowest BCUT2D eigenvalue weighted by atomic mass is 9.96. The monoisotopic (exact) mass is 553 g/mol. The second-order valence-electron chi connectivity index (χ2n) is 11.0. The Labute approximate surface area is 237 Å². The number of hydrogen-bond acceptors (Lipinski definition) is 4. The molecule has 0 bridgehead atoms. The summed E-state index contributed by atoms with van der Waals surface area (Å²) in [5.41, 5.74) is 4.21. The van der Waals surface area contributed by atoms with Crippen molar-refractivity contribution in [3.05, 3.63) is 104 Å². The van der Waals surface area contributed by atoms with Gasteiger partial charge in [-0.05, 0) is 90.5 Å². The standard InChI is InChI=1S/C33H32ClN3O3/c1-19(2)24-10-6-7-20(3)31(24)37-29-17-27(26-16-23(38)15-21-8-4-5-9-25(21)26)28(34)18-30(29)36(32(39)33(37)40)22-11-13-35-14-12-22/h4-10,15-19,22,35,38H,11-14H2,1-3H3. The molecule has 0 saturated carbocycles. The van der Waals surface area contributed by atoms with Crippen LogP contribution in [0.4, 0.5) is 0 Å². The molecule has 0 unspecified atom stereocenters. The summed E-state index contributed by atoms with van der Waals surface area (Å²) in [6.07, 6.45) is 1.49. The van der Waals surface area contributed by atoms with Gasteiger partial charge in [0.1, 0.15) is 5.75 Å². The molecule has 2 N–H and O–H groups in total. The molecule has 40 heavy (non-hydrogen) atoms. The molecule has 0 atom stereocenters. The van der Waals surface area contributed by atoms with Gasteiger partial charge in [-0.15, -0.1) is 0 Å². The number of aromatic hydroxyl groups is 1. The van der Waals surface area contributed by atoms with Crippen molar-refractivity contribution in [2.75, 3.05) is 13.1 Å². The average molecular weight is 554 g/mol. The lowest BCUT2D eigenvalue weighted by molar-refractivity contribution is 0.367. The van der Waals surface area contributed by atoms with Crippen LogP contribution in [-0.4, -0.2) is 27.3 Å². The van der Waals surface area contributed by atoms with Gasteiger partial charge in [-0.3, -0.25) is 18.7 Å². The van der Waals surface area contributed by atoms with Gasteiger partial charge in [-0.25, -0.2) is 0 Å². The number of phenols is 1. The molecule has 4 aromatic carbocycles. The quantitative estimate of drug-likeness (QED) is 0.243. The minimum atomic E-state index is -0.573. The van der Waals surface area contributed by atoms with E-state index in [2.05, 4.69) is 19.2 Å². The predicted octanol–water partition coefficient (Wildman–Crippen LogP) is 6.69. The molecule has 7 heteroatoms. The molecule has 5 aromatic rings. The Morgan fingerprint density at radius 2 is 1.65 bits per heavy atom. The van der Waals surface area contributed by atoms with Crippen LogP contribution in [-0.2, 0) is 0 Å². The number of piperidine rings is 1. The summed E-state index contributed by atoms with van der Waals surface area (Å²) in [7, 11) is 0. The summed E-state index contributed by atoms with van der Waals surface area (Å²) in [6, 6.07) is 20.8. The third kappa shape index (κ3) is 4.32. The molecule has 1 aliphatic heterocycles. The highest BCUT2D eigenvalue weighted by Gasteiger charge is 2.25. The van der Waals surface area contributed by atoms with Crippen LogP contribution in [0, 0.1) is 6.92 Å². The van der Waals surface area contributed by atoms with Gasteiger partial charge in [0.25, 0.3) is 0 Å². The molecule has 0 amide bonds. The van der Waals surface area contributed by atoms with E-state index < -0.39 is 11.1 Å². The fourth-order valence-electron chi connectivity index (χ4n) is 6.17. The molecule has 204 valence electrons. The van der Waals surface area contributed by atoms with Crippen molar-refractivity contribution >= 4 is 33.4 Å². The number of phenolic OH excluding ortho intramolecular Hbond substituents is 1. The van der Waals surface area contributed by atoms with E-state index in [1.54, 1.807) is 21.3 Å². The minimum Gasteiger partial charge on any atom is -0.508 e. The first-order valence-electron chi connectivity index (χ1n) is 13.8. The zero-order chi connectivity index (χ0) is 28.1. The van der Waals surface area contributed by atoms with Crippen LogP contribution in [0.1, 0.15) is 49.8 Å². The van der Waals surface area contributed by atoms with Gasteiger partial charge in [0.15, 0.2) is 0 Å². The number of nitrogens with zero attached hydrogens (tertiary/aromatic N) is 2. The molecule has 1 fully saturated rings. The highest BCUT2D eigenvalue weighted by molar-refractivity contribution is 6.34. The van der Waals surface area contributed by atoms with Crippen molar-refractivity contribution in [1.82, 2.24) is 14.5 Å². The third-order valence-corrected chi connectivity index (χ3v) is 8.41. The molecule has 6 rings (SSSR count). The number of halogens is 1. The molecule has 0 radical (unpaired) electrons. The summed E-state index contributed by atoms with van der Waals surface area (Å²) < 4.78 is 3.25. The van der Waals surface area contributed by atoms with Gasteiger partial charge in [0.2, 0.25) is 0 Å². The van der Waals surface area contributed by atoms with Crippen molar-refractivity contribution in [1.29, 1.82) is 0 Å². The Balaban J connectivity index is 1.78. The summed E-state index contributed by atoms with van der Waals surface area (Å²) in [6.45, 7) is 7.69. The van der Waals surface area contributed by atoms with Crippen LogP contribution in [0.15, 0.2) is 76.3 Å². The topological polar surface area (TPSA) is 76.3 Å². The second kappa shape index (κ2) is 10.3. The van der Waals surface area contributed by atoms with E-state index in [1.165, 1.54) is 0 Å². The Morgan fingerprint density at radius 3 is 2.40 bits per heavy atom. The molecule has 1 saturated heterocycles. The number of benzene rings is 4. The summed E-state index contributed by atoms with van der Waals surface area (Å²) in [5, 5.41) is 16.2. The molecule has 0 spiro atoms.